The van der Waals surface area contributed by atoms with Crippen LogP contribution >= 0.6 is 55.4 Å². The van der Waals surface area contributed by atoms with Crippen LogP contribution in [0, 0.1) is 5.41 Å². The van der Waals surface area contributed by atoms with E-state index >= 15 is 0 Å². The summed E-state index contributed by atoms with van der Waals surface area (Å²) in [6.07, 6.45) is 3.32. The van der Waals surface area contributed by atoms with Crippen LogP contribution in [0.1, 0.15) is 36.8 Å². The number of nitrogens with zero attached hydrogens (tertiary/aromatic N) is 1. The van der Waals surface area contributed by atoms with E-state index in [1.165, 1.54) is 11.8 Å². The topological polar surface area (TPSA) is 160 Å². The second-order valence-corrected chi connectivity index (χ2v) is 12.3. The molecule has 2 amide bonds. The number of nitrogens with one attached hydrogen (secondary N) is 2. The summed E-state index contributed by atoms with van der Waals surface area (Å²) in [5.41, 5.74) is 19.8. The molecule has 0 aliphatic heterocycles. The van der Waals surface area contributed by atoms with Crippen molar-refractivity contribution in [2.24, 2.45) is 22.2 Å². The molecule has 0 fully saturated rings. The quantitative estimate of drug-likeness (QED) is 0.103. The Balaban J connectivity index is 1.61. The third kappa shape index (κ3) is 13.0. The van der Waals surface area contributed by atoms with Gasteiger partial charge in [0.25, 0.3) is 5.91 Å². The predicted molar refractivity (Wildman–Crippen MR) is 158 cm³/mol. The lowest BCUT2D eigenvalue weighted by Gasteiger charge is -2.14. The smallest absolute Gasteiger partial charge is 0.252 e. The van der Waals surface area contributed by atoms with Crippen LogP contribution in [0.25, 0.3) is 0 Å². The fourth-order valence-electron chi connectivity index (χ4n) is 3.16. The number of aliphatic imine (C=N–C) groups is 1. The first-order valence-electron chi connectivity index (χ1n) is 11.2. The number of nitrogens with two attached hydrogens (primary N) is 3. The number of amidine groups is 2. The van der Waals surface area contributed by atoms with Crippen LogP contribution in [-0.2, 0) is 22.4 Å². The van der Waals surface area contributed by atoms with Gasteiger partial charge in [0, 0.05) is 8.95 Å². The SMILES string of the molecule is N=C(NC(=O)Cc1cccc(Br)c1)SC(N)CCCCC(N)SC(N)=NC(=O)Cc1cccc(Br)c1. The highest BCUT2D eigenvalue weighted by atomic mass is 79.9. The molecule has 0 saturated carbocycles. The average Bonchev–Trinajstić information content (AvgIpc) is 2.76. The molecule has 0 heterocycles. The highest BCUT2D eigenvalue weighted by Crippen LogP contribution is 2.18. The van der Waals surface area contributed by atoms with Crippen molar-refractivity contribution in [3.05, 3.63) is 68.6 Å². The zero-order valence-corrected chi connectivity index (χ0v) is 24.4. The Morgan fingerprint density at radius 2 is 1.44 bits per heavy atom. The Labute approximate surface area is 236 Å². The molecule has 0 spiro atoms. The molecule has 0 bridgehead atoms. The molecule has 194 valence electrons. The number of carbonyl (C=O) groups excluding carboxylic acids is 2. The minimum atomic E-state index is -0.320. The maximum absolute atomic E-state index is 12.1. The zero-order valence-electron chi connectivity index (χ0n) is 19.6. The lowest BCUT2D eigenvalue weighted by Crippen LogP contribution is -2.32. The van der Waals surface area contributed by atoms with Gasteiger partial charge < -0.3 is 22.5 Å². The first-order valence-corrected chi connectivity index (χ1v) is 14.5. The van der Waals surface area contributed by atoms with Crippen molar-refractivity contribution < 1.29 is 9.59 Å². The summed E-state index contributed by atoms with van der Waals surface area (Å²) in [4.78, 5) is 28.2. The Hall–Kier alpha value is -1.70. The number of hydrogen-bond donors (Lipinski definition) is 5. The zero-order chi connectivity index (χ0) is 26.5. The molecule has 0 aliphatic rings. The minimum Gasteiger partial charge on any atom is -0.378 e. The number of rotatable bonds is 11. The largest absolute Gasteiger partial charge is 0.378 e. The molecule has 36 heavy (non-hydrogen) atoms. The van der Waals surface area contributed by atoms with E-state index in [1.54, 1.807) is 0 Å². The number of hydrogen-bond acceptors (Lipinski definition) is 7. The molecule has 0 radical (unpaired) electrons. The third-order valence-electron chi connectivity index (χ3n) is 4.75. The summed E-state index contributed by atoms with van der Waals surface area (Å²) in [6.45, 7) is 0. The molecule has 0 aromatic heterocycles. The summed E-state index contributed by atoms with van der Waals surface area (Å²) >= 11 is 9.05. The number of benzene rings is 2. The van der Waals surface area contributed by atoms with Crippen LogP contribution in [0.2, 0.25) is 0 Å². The van der Waals surface area contributed by atoms with Gasteiger partial charge in [-0.2, -0.15) is 4.99 Å². The van der Waals surface area contributed by atoms with E-state index in [0.717, 1.165) is 44.7 Å². The number of thioether (sulfide) groups is 2. The maximum atomic E-state index is 12.1. The van der Waals surface area contributed by atoms with E-state index in [0.29, 0.717) is 12.8 Å². The van der Waals surface area contributed by atoms with Crippen molar-refractivity contribution in [3.8, 4) is 0 Å². The number of amides is 2. The lowest BCUT2D eigenvalue weighted by atomic mass is 10.1. The van der Waals surface area contributed by atoms with Gasteiger partial charge in [0.05, 0.1) is 23.6 Å². The Morgan fingerprint density at radius 1 is 0.917 bits per heavy atom. The Bertz CT molecular complexity index is 1090. The minimum absolute atomic E-state index is 0.0336. The van der Waals surface area contributed by atoms with E-state index < -0.39 is 0 Å². The van der Waals surface area contributed by atoms with Gasteiger partial charge in [-0.1, -0.05) is 92.5 Å². The molecule has 0 aliphatic carbocycles. The maximum Gasteiger partial charge on any atom is 0.252 e. The first-order chi connectivity index (χ1) is 17.1. The fraction of sp³-hybridized carbons (Fsp3) is 0.333. The van der Waals surface area contributed by atoms with Gasteiger partial charge in [-0.05, 0) is 48.2 Å². The number of unbranched alkanes of at least 4 members (excludes halogenated alkanes) is 1. The second kappa shape index (κ2) is 16.2. The van der Waals surface area contributed by atoms with Gasteiger partial charge in [0.15, 0.2) is 10.3 Å². The van der Waals surface area contributed by atoms with E-state index in [-0.39, 0.29) is 45.7 Å². The molecule has 2 aromatic rings. The first kappa shape index (κ1) is 30.5. The summed E-state index contributed by atoms with van der Waals surface area (Å²) in [6, 6.07) is 14.9. The van der Waals surface area contributed by atoms with E-state index in [2.05, 4.69) is 42.2 Å². The molecule has 12 heteroatoms. The predicted octanol–water partition coefficient (Wildman–Crippen LogP) is 4.49. The molecule has 8 N–H and O–H groups in total. The number of carbonyl (C=O) groups is 2. The average molecular weight is 658 g/mol. The molecular formula is C24H30Br2N6O2S2. The van der Waals surface area contributed by atoms with Crippen LogP contribution < -0.4 is 22.5 Å². The number of halogens is 2. The second-order valence-electron chi connectivity index (χ2n) is 7.93. The molecule has 8 nitrogen and oxygen atoms in total. The molecular weight excluding hydrogens is 628 g/mol. The normalized spacial score (nSPS) is 13.2. The van der Waals surface area contributed by atoms with Crippen molar-refractivity contribution in [2.45, 2.75) is 49.3 Å². The van der Waals surface area contributed by atoms with Crippen molar-refractivity contribution in [3.63, 3.8) is 0 Å². The summed E-state index contributed by atoms with van der Waals surface area (Å²) in [7, 11) is 0. The van der Waals surface area contributed by atoms with Gasteiger partial charge in [0.1, 0.15) is 0 Å². The van der Waals surface area contributed by atoms with Crippen LogP contribution in [-0.4, -0.2) is 32.9 Å². The van der Waals surface area contributed by atoms with E-state index in [9.17, 15) is 9.59 Å². The van der Waals surface area contributed by atoms with Crippen molar-refractivity contribution in [1.82, 2.24) is 5.32 Å². The van der Waals surface area contributed by atoms with Crippen molar-refractivity contribution >= 4 is 77.5 Å². The summed E-state index contributed by atoms with van der Waals surface area (Å²) in [5, 5.41) is 10.1. The summed E-state index contributed by atoms with van der Waals surface area (Å²) in [5.74, 6) is -0.574. The molecule has 2 rings (SSSR count). The van der Waals surface area contributed by atoms with E-state index in [1.807, 2.05) is 48.5 Å². The lowest BCUT2D eigenvalue weighted by molar-refractivity contribution is -0.119. The Kier molecular flexibility index (Phi) is 13.7. The Morgan fingerprint density at radius 3 is 2.00 bits per heavy atom. The van der Waals surface area contributed by atoms with Gasteiger partial charge in [0.2, 0.25) is 5.91 Å². The highest BCUT2D eigenvalue weighted by Gasteiger charge is 2.13. The van der Waals surface area contributed by atoms with Crippen LogP contribution in [0.3, 0.4) is 0 Å². The van der Waals surface area contributed by atoms with Gasteiger partial charge in [-0.25, -0.2) is 0 Å². The standard InChI is InChI=1S/C24H30Br2N6O2S2/c25-17-7-3-5-15(11-17)13-21(33)31-23(29)35-19(27)9-1-2-10-20(28)36-24(30)32-22(34)14-16-6-4-8-18(26)12-16/h3-8,11-12,19-20H,1-2,9-10,13-14,27-28H2,(H2,29,31,33)(H2,30,32,34). The van der Waals surface area contributed by atoms with Crippen LogP contribution in [0.5, 0.6) is 0 Å². The highest BCUT2D eigenvalue weighted by molar-refractivity contribution is 9.10. The fourth-order valence-corrected chi connectivity index (χ4v) is 5.56. The monoisotopic (exact) mass is 656 g/mol. The van der Waals surface area contributed by atoms with Crippen LogP contribution in [0.15, 0.2) is 62.5 Å². The van der Waals surface area contributed by atoms with Gasteiger partial charge in [-0.3, -0.25) is 15.0 Å². The van der Waals surface area contributed by atoms with E-state index in [4.69, 9.17) is 22.6 Å². The molecule has 2 unspecified atom stereocenters. The van der Waals surface area contributed by atoms with Crippen LogP contribution in [0.4, 0.5) is 0 Å². The van der Waals surface area contributed by atoms with Crippen molar-refractivity contribution in [2.75, 3.05) is 0 Å². The van der Waals surface area contributed by atoms with Crippen molar-refractivity contribution in [1.29, 1.82) is 5.41 Å². The molecule has 2 atom stereocenters. The molecule has 2 aromatic carbocycles. The summed E-state index contributed by atoms with van der Waals surface area (Å²) < 4.78 is 1.80. The van der Waals surface area contributed by atoms with Gasteiger partial charge in [-0.15, -0.1) is 0 Å². The van der Waals surface area contributed by atoms with Gasteiger partial charge >= 0.3 is 0 Å². The third-order valence-corrected chi connectivity index (χ3v) is 7.49. The molecule has 0 saturated heterocycles.